The summed E-state index contributed by atoms with van der Waals surface area (Å²) in [6.45, 7) is 1.68. The fourth-order valence-corrected chi connectivity index (χ4v) is 1.43. The van der Waals surface area contributed by atoms with Gasteiger partial charge in [0.25, 0.3) is 0 Å². The van der Waals surface area contributed by atoms with Crippen molar-refractivity contribution in [3.63, 3.8) is 0 Å². The molecule has 0 aliphatic carbocycles. The van der Waals surface area contributed by atoms with Crippen LogP contribution in [0.1, 0.15) is 5.56 Å². The largest absolute Gasteiger partial charge is 0.395 e. The minimum atomic E-state index is -0.816. The third-order valence-electron chi connectivity index (χ3n) is 1.98. The number of aryl methyl sites for hydroxylation is 1. The molecule has 0 aliphatic heterocycles. The van der Waals surface area contributed by atoms with E-state index in [0.717, 1.165) is 5.56 Å². The van der Waals surface area contributed by atoms with Crippen LogP contribution in [0.25, 0.3) is 0 Å². The van der Waals surface area contributed by atoms with Crippen LogP contribution in [-0.4, -0.2) is 30.1 Å². The van der Waals surface area contributed by atoms with Crippen LogP contribution in [0.2, 0.25) is 5.02 Å². The van der Waals surface area contributed by atoms with Gasteiger partial charge in [0.15, 0.2) is 0 Å². The van der Waals surface area contributed by atoms with Gasteiger partial charge in [-0.25, -0.2) is 0 Å². The predicted molar refractivity (Wildman–Crippen MR) is 64.9 cm³/mol. The quantitative estimate of drug-likeness (QED) is 0.697. The minimum Gasteiger partial charge on any atom is -0.395 e. The second-order valence-electron chi connectivity index (χ2n) is 3.42. The number of anilines is 1. The Balaban J connectivity index is 2.64. The van der Waals surface area contributed by atoms with Crippen LogP contribution < -0.4 is 10.6 Å². The van der Waals surface area contributed by atoms with Crippen molar-refractivity contribution in [2.75, 3.05) is 18.5 Å². The molecule has 1 aromatic carbocycles. The van der Waals surface area contributed by atoms with E-state index in [-0.39, 0.29) is 13.2 Å². The summed E-state index contributed by atoms with van der Waals surface area (Å²) in [4.78, 5) is 22.6. The van der Waals surface area contributed by atoms with Gasteiger partial charge < -0.3 is 15.7 Å². The highest BCUT2D eigenvalue weighted by atomic mass is 35.5. The van der Waals surface area contributed by atoms with Crippen LogP contribution in [0.3, 0.4) is 0 Å². The molecule has 0 atom stereocenters. The summed E-state index contributed by atoms with van der Waals surface area (Å²) in [5.41, 5.74) is 1.33. The van der Waals surface area contributed by atoms with E-state index in [0.29, 0.717) is 10.7 Å². The van der Waals surface area contributed by atoms with Crippen LogP contribution in [0.5, 0.6) is 0 Å². The lowest BCUT2D eigenvalue weighted by molar-refractivity contribution is -0.136. The predicted octanol–water partition coefficient (Wildman–Crippen LogP) is 0.695. The number of aliphatic hydroxyl groups is 1. The van der Waals surface area contributed by atoms with Crippen molar-refractivity contribution in [3.8, 4) is 0 Å². The van der Waals surface area contributed by atoms with Crippen LogP contribution in [0.4, 0.5) is 5.69 Å². The molecule has 0 radical (unpaired) electrons. The van der Waals surface area contributed by atoms with Crippen LogP contribution in [0.15, 0.2) is 18.2 Å². The molecule has 1 rings (SSSR count). The maximum absolute atomic E-state index is 11.4. The van der Waals surface area contributed by atoms with Crippen molar-refractivity contribution in [1.29, 1.82) is 0 Å². The molecule has 0 aromatic heterocycles. The molecule has 0 bridgehead atoms. The zero-order valence-electron chi connectivity index (χ0n) is 9.29. The van der Waals surface area contributed by atoms with Crippen LogP contribution in [-0.2, 0) is 9.59 Å². The van der Waals surface area contributed by atoms with Gasteiger partial charge in [0.1, 0.15) is 0 Å². The summed E-state index contributed by atoms with van der Waals surface area (Å²) >= 11 is 5.90. The lowest BCUT2D eigenvalue weighted by atomic mass is 10.2. The third-order valence-corrected chi connectivity index (χ3v) is 2.29. The number of carbonyl (C=O) groups excluding carboxylic acids is 2. The number of hydrogen-bond donors (Lipinski definition) is 3. The van der Waals surface area contributed by atoms with Crippen LogP contribution >= 0.6 is 11.6 Å². The van der Waals surface area contributed by atoms with Gasteiger partial charge in [-0.2, -0.15) is 0 Å². The number of carbonyl (C=O) groups is 2. The van der Waals surface area contributed by atoms with Crippen molar-refractivity contribution < 1.29 is 14.7 Å². The van der Waals surface area contributed by atoms with E-state index in [1.807, 2.05) is 6.92 Å². The first-order chi connectivity index (χ1) is 8.04. The first-order valence-corrected chi connectivity index (χ1v) is 5.38. The molecule has 0 aliphatic rings. The SMILES string of the molecule is Cc1ccc(NC(=O)C(=O)NCCO)c(Cl)c1. The van der Waals surface area contributed by atoms with Gasteiger partial charge in [0.05, 0.1) is 17.3 Å². The number of halogens is 1. The maximum Gasteiger partial charge on any atom is 0.313 e. The first kappa shape index (κ1) is 13.5. The molecule has 6 heteroatoms. The molecule has 92 valence electrons. The van der Waals surface area contributed by atoms with E-state index >= 15 is 0 Å². The molecule has 0 fully saturated rings. The molecule has 2 amide bonds. The van der Waals surface area contributed by atoms with Gasteiger partial charge in [-0.15, -0.1) is 0 Å². The summed E-state index contributed by atoms with van der Waals surface area (Å²) in [7, 11) is 0. The third kappa shape index (κ3) is 4.05. The fourth-order valence-electron chi connectivity index (χ4n) is 1.15. The molecule has 0 heterocycles. The van der Waals surface area contributed by atoms with E-state index in [4.69, 9.17) is 16.7 Å². The highest BCUT2D eigenvalue weighted by Gasteiger charge is 2.14. The Kier molecular flexibility index (Phi) is 4.93. The second-order valence-corrected chi connectivity index (χ2v) is 3.82. The average molecular weight is 257 g/mol. The maximum atomic E-state index is 11.4. The van der Waals surface area contributed by atoms with E-state index < -0.39 is 11.8 Å². The number of nitrogens with one attached hydrogen (secondary N) is 2. The topological polar surface area (TPSA) is 78.4 Å². The van der Waals surface area contributed by atoms with Gasteiger partial charge in [-0.3, -0.25) is 9.59 Å². The molecule has 1 aromatic rings. The zero-order chi connectivity index (χ0) is 12.8. The molecular formula is C11H13ClN2O3. The minimum absolute atomic E-state index is 0.0356. The summed E-state index contributed by atoms with van der Waals surface area (Å²) in [5.74, 6) is -1.63. The number of aliphatic hydroxyl groups excluding tert-OH is 1. The summed E-state index contributed by atoms with van der Waals surface area (Å²) in [6, 6.07) is 5.07. The normalized spacial score (nSPS) is 9.82. The molecule has 0 saturated heterocycles. The number of amides is 2. The van der Waals surface area contributed by atoms with Crippen molar-refractivity contribution >= 4 is 29.1 Å². The molecule has 5 nitrogen and oxygen atoms in total. The van der Waals surface area contributed by atoms with Gasteiger partial charge in [-0.1, -0.05) is 17.7 Å². The smallest absolute Gasteiger partial charge is 0.313 e. The second kappa shape index (κ2) is 6.22. The number of hydrogen-bond acceptors (Lipinski definition) is 3. The lowest BCUT2D eigenvalue weighted by Gasteiger charge is -2.07. The van der Waals surface area contributed by atoms with Crippen LogP contribution in [0, 0.1) is 6.92 Å². The van der Waals surface area contributed by atoms with E-state index in [9.17, 15) is 9.59 Å². The van der Waals surface area contributed by atoms with Crippen molar-refractivity contribution in [1.82, 2.24) is 5.32 Å². The monoisotopic (exact) mass is 256 g/mol. The van der Waals surface area contributed by atoms with Crippen molar-refractivity contribution in [3.05, 3.63) is 28.8 Å². The number of rotatable bonds is 3. The van der Waals surface area contributed by atoms with Gasteiger partial charge in [-0.05, 0) is 24.6 Å². The molecule has 17 heavy (non-hydrogen) atoms. The molecule has 3 N–H and O–H groups in total. The Bertz CT molecular complexity index is 435. The van der Waals surface area contributed by atoms with Gasteiger partial charge in [0, 0.05) is 6.54 Å². The summed E-state index contributed by atoms with van der Waals surface area (Å²) in [6.07, 6.45) is 0. The fraction of sp³-hybridized carbons (Fsp3) is 0.273. The highest BCUT2D eigenvalue weighted by molar-refractivity contribution is 6.41. The standard InChI is InChI=1S/C11H13ClN2O3/c1-7-2-3-9(8(12)6-7)14-11(17)10(16)13-4-5-15/h2-3,6,15H,4-5H2,1H3,(H,13,16)(H,14,17). The number of benzene rings is 1. The van der Waals surface area contributed by atoms with E-state index in [1.165, 1.54) is 0 Å². The van der Waals surface area contributed by atoms with E-state index in [1.54, 1.807) is 18.2 Å². The first-order valence-electron chi connectivity index (χ1n) is 5.01. The Labute approximate surface area is 104 Å². The Hall–Kier alpha value is -1.59. The molecule has 0 spiro atoms. The summed E-state index contributed by atoms with van der Waals surface area (Å²) in [5, 5.41) is 13.5. The summed E-state index contributed by atoms with van der Waals surface area (Å²) < 4.78 is 0. The lowest BCUT2D eigenvalue weighted by Crippen LogP contribution is -2.36. The van der Waals surface area contributed by atoms with E-state index in [2.05, 4.69) is 10.6 Å². The van der Waals surface area contributed by atoms with Crippen molar-refractivity contribution in [2.24, 2.45) is 0 Å². The Morgan fingerprint density at radius 2 is 2.06 bits per heavy atom. The Morgan fingerprint density at radius 3 is 2.65 bits per heavy atom. The molecule has 0 saturated carbocycles. The highest BCUT2D eigenvalue weighted by Crippen LogP contribution is 2.22. The average Bonchev–Trinajstić information content (AvgIpc) is 2.29. The zero-order valence-corrected chi connectivity index (χ0v) is 10.0. The molecule has 0 unspecified atom stereocenters. The van der Waals surface area contributed by atoms with Crippen molar-refractivity contribution in [2.45, 2.75) is 6.92 Å². The Morgan fingerprint density at radius 1 is 1.35 bits per heavy atom. The van der Waals surface area contributed by atoms with Gasteiger partial charge >= 0.3 is 11.8 Å². The van der Waals surface area contributed by atoms with Gasteiger partial charge in [0.2, 0.25) is 0 Å². The molecular weight excluding hydrogens is 244 g/mol.